The van der Waals surface area contributed by atoms with E-state index in [0.29, 0.717) is 11.6 Å². The maximum atomic E-state index is 12.0. The van der Waals surface area contributed by atoms with Gasteiger partial charge >= 0.3 is 0 Å². The van der Waals surface area contributed by atoms with Gasteiger partial charge in [-0.25, -0.2) is 4.98 Å². The van der Waals surface area contributed by atoms with Crippen LogP contribution in [0.3, 0.4) is 0 Å². The zero-order valence-electron chi connectivity index (χ0n) is 13.8. The molecular formula is C18H21IN2O2. The van der Waals surface area contributed by atoms with Gasteiger partial charge in [-0.1, -0.05) is 32.9 Å². The number of aryl methyl sites for hydroxylation is 1. The fourth-order valence-electron chi connectivity index (χ4n) is 2.04. The summed E-state index contributed by atoms with van der Waals surface area (Å²) in [7, 11) is 0. The number of aromatic nitrogens is 1. The Kier molecular flexibility index (Phi) is 5.62. The normalized spacial score (nSPS) is 11.2. The van der Waals surface area contributed by atoms with E-state index in [1.54, 1.807) is 6.20 Å². The molecule has 1 aromatic heterocycles. The van der Waals surface area contributed by atoms with Crippen LogP contribution in [0.5, 0.6) is 5.75 Å². The van der Waals surface area contributed by atoms with Crippen molar-refractivity contribution in [2.24, 2.45) is 0 Å². The van der Waals surface area contributed by atoms with Crippen LogP contribution in [0.4, 0.5) is 5.82 Å². The molecule has 5 heteroatoms. The second kappa shape index (κ2) is 7.29. The van der Waals surface area contributed by atoms with Crippen LogP contribution in [-0.4, -0.2) is 17.5 Å². The van der Waals surface area contributed by atoms with Gasteiger partial charge in [-0.3, -0.25) is 4.79 Å². The van der Waals surface area contributed by atoms with Gasteiger partial charge in [0.2, 0.25) is 0 Å². The number of carbonyl (C=O) groups excluding carboxylic acids is 1. The first-order chi connectivity index (χ1) is 10.8. The van der Waals surface area contributed by atoms with E-state index in [1.807, 2.05) is 37.3 Å². The quantitative estimate of drug-likeness (QED) is 0.745. The number of carbonyl (C=O) groups is 1. The second-order valence-corrected chi connectivity index (χ2v) is 7.68. The summed E-state index contributed by atoms with van der Waals surface area (Å²) in [6.45, 7) is 8.35. The zero-order valence-corrected chi connectivity index (χ0v) is 16.0. The number of amides is 1. The summed E-state index contributed by atoms with van der Waals surface area (Å²) in [5, 5.41) is 2.76. The molecule has 0 unspecified atom stereocenters. The van der Waals surface area contributed by atoms with E-state index >= 15 is 0 Å². The van der Waals surface area contributed by atoms with Crippen LogP contribution in [0.1, 0.15) is 31.9 Å². The minimum atomic E-state index is -0.221. The van der Waals surface area contributed by atoms with Gasteiger partial charge in [-0.2, -0.15) is 0 Å². The van der Waals surface area contributed by atoms with E-state index in [2.05, 4.69) is 53.7 Å². The van der Waals surface area contributed by atoms with E-state index < -0.39 is 0 Å². The molecule has 1 aromatic carbocycles. The third-order valence-corrected chi connectivity index (χ3v) is 3.98. The van der Waals surface area contributed by atoms with Crippen molar-refractivity contribution in [2.45, 2.75) is 33.1 Å². The Morgan fingerprint density at radius 1 is 1.26 bits per heavy atom. The van der Waals surface area contributed by atoms with Gasteiger partial charge in [0.05, 0.1) is 0 Å². The fraction of sp³-hybridized carbons (Fsp3) is 0.333. The Labute approximate surface area is 150 Å². The van der Waals surface area contributed by atoms with Crippen LogP contribution in [0, 0.1) is 10.5 Å². The van der Waals surface area contributed by atoms with Crippen LogP contribution in [-0.2, 0) is 10.2 Å². The standard InChI is InChI=1S/C18H21IN2O2/c1-12-9-14(19)10-20-17(12)21-16(22)11-23-15-7-5-13(6-8-15)18(2,3)4/h5-10H,11H2,1-4H3,(H,20,21,22). The number of benzene rings is 1. The van der Waals surface area contributed by atoms with Crippen molar-refractivity contribution in [1.29, 1.82) is 0 Å². The minimum absolute atomic E-state index is 0.0397. The molecule has 2 rings (SSSR count). The van der Waals surface area contributed by atoms with Crippen LogP contribution in [0.2, 0.25) is 0 Å². The van der Waals surface area contributed by atoms with E-state index in [4.69, 9.17) is 4.74 Å². The number of halogens is 1. The highest BCUT2D eigenvalue weighted by Crippen LogP contribution is 2.24. The highest BCUT2D eigenvalue weighted by molar-refractivity contribution is 14.1. The highest BCUT2D eigenvalue weighted by Gasteiger charge is 2.13. The first-order valence-electron chi connectivity index (χ1n) is 7.41. The number of nitrogens with zero attached hydrogens (tertiary/aromatic N) is 1. The molecular weight excluding hydrogens is 403 g/mol. The maximum Gasteiger partial charge on any atom is 0.263 e. The lowest BCUT2D eigenvalue weighted by Crippen LogP contribution is -2.21. The summed E-state index contributed by atoms with van der Waals surface area (Å²) in [6, 6.07) is 9.80. The smallest absolute Gasteiger partial charge is 0.263 e. The second-order valence-electron chi connectivity index (χ2n) is 6.43. The summed E-state index contributed by atoms with van der Waals surface area (Å²) in [5.41, 5.74) is 2.26. The number of anilines is 1. The van der Waals surface area contributed by atoms with E-state index in [0.717, 1.165) is 9.13 Å². The van der Waals surface area contributed by atoms with Crippen LogP contribution in [0.15, 0.2) is 36.5 Å². The summed E-state index contributed by atoms with van der Waals surface area (Å²) >= 11 is 2.19. The molecule has 0 fully saturated rings. The summed E-state index contributed by atoms with van der Waals surface area (Å²) in [5.74, 6) is 1.03. The topological polar surface area (TPSA) is 51.2 Å². The van der Waals surface area contributed by atoms with Gasteiger partial charge < -0.3 is 10.1 Å². The molecule has 2 aromatic rings. The third kappa shape index (κ3) is 5.20. The fourth-order valence-corrected chi connectivity index (χ4v) is 2.65. The molecule has 0 saturated heterocycles. The first-order valence-corrected chi connectivity index (χ1v) is 8.49. The lowest BCUT2D eigenvalue weighted by atomic mass is 9.87. The Bertz CT molecular complexity index is 691. The SMILES string of the molecule is Cc1cc(I)cnc1NC(=O)COc1ccc(C(C)(C)C)cc1. The Hall–Kier alpha value is -1.63. The van der Waals surface area contributed by atoms with Crippen molar-refractivity contribution in [3.63, 3.8) is 0 Å². The molecule has 0 bridgehead atoms. The number of ether oxygens (including phenoxy) is 1. The van der Waals surface area contributed by atoms with Crippen molar-refractivity contribution < 1.29 is 9.53 Å². The zero-order chi connectivity index (χ0) is 17.0. The predicted octanol–water partition coefficient (Wildman–Crippen LogP) is 4.31. The molecule has 0 spiro atoms. The van der Waals surface area contributed by atoms with E-state index in [1.165, 1.54) is 5.56 Å². The van der Waals surface area contributed by atoms with E-state index in [-0.39, 0.29) is 17.9 Å². The van der Waals surface area contributed by atoms with Crippen molar-refractivity contribution in [3.05, 3.63) is 51.2 Å². The summed E-state index contributed by atoms with van der Waals surface area (Å²) < 4.78 is 6.57. The van der Waals surface area contributed by atoms with Gasteiger partial charge in [-0.05, 0) is 64.3 Å². The Morgan fingerprint density at radius 3 is 2.48 bits per heavy atom. The lowest BCUT2D eigenvalue weighted by molar-refractivity contribution is -0.118. The lowest BCUT2D eigenvalue weighted by Gasteiger charge is -2.19. The Balaban J connectivity index is 1.91. The Morgan fingerprint density at radius 2 is 1.91 bits per heavy atom. The van der Waals surface area contributed by atoms with Gasteiger partial charge in [0.25, 0.3) is 5.91 Å². The average molecular weight is 424 g/mol. The van der Waals surface area contributed by atoms with Gasteiger partial charge in [0.1, 0.15) is 11.6 Å². The molecule has 1 N–H and O–H groups in total. The first kappa shape index (κ1) is 17.7. The highest BCUT2D eigenvalue weighted by atomic mass is 127. The largest absolute Gasteiger partial charge is 0.484 e. The van der Waals surface area contributed by atoms with Crippen molar-refractivity contribution in [1.82, 2.24) is 4.98 Å². The molecule has 0 atom stereocenters. The monoisotopic (exact) mass is 424 g/mol. The molecule has 1 amide bonds. The van der Waals surface area contributed by atoms with Crippen LogP contribution < -0.4 is 10.1 Å². The molecule has 0 saturated carbocycles. The number of hydrogen-bond donors (Lipinski definition) is 1. The number of nitrogens with one attached hydrogen (secondary N) is 1. The van der Waals surface area contributed by atoms with Crippen molar-refractivity contribution >= 4 is 34.3 Å². The summed E-state index contributed by atoms with van der Waals surface area (Å²) in [6.07, 6.45) is 1.72. The molecule has 1 heterocycles. The number of pyridine rings is 1. The summed E-state index contributed by atoms with van der Waals surface area (Å²) in [4.78, 5) is 16.2. The van der Waals surface area contributed by atoms with Crippen LogP contribution >= 0.6 is 22.6 Å². The average Bonchev–Trinajstić information content (AvgIpc) is 2.47. The maximum absolute atomic E-state index is 12.0. The molecule has 0 aliphatic heterocycles. The molecule has 23 heavy (non-hydrogen) atoms. The number of hydrogen-bond acceptors (Lipinski definition) is 3. The van der Waals surface area contributed by atoms with Crippen molar-refractivity contribution in [3.8, 4) is 5.75 Å². The van der Waals surface area contributed by atoms with Gasteiger partial charge in [0.15, 0.2) is 6.61 Å². The molecule has 4 nitrogen and oxygen atoms in total. The van der Waals surface area contributed by atoms with Gasteiger partial charge in [-0.15, -0.1) is 0 Å². The van der Waals surface area contributed by atoms with Crippen LogP contribution in [0.25, 0.3) is 0 Å². The molecule has 0 radical (unpaired) electrons. The minimum Gasteiger partial charge on any atom is -0.484 e. The predicted molar refractivity (Wildman–Crippen MR) is 101 cm³/mol. The van der Waals surface area contributed by atoms with Crippen molar-refractivity contribution in [2.75, 3.05) is 11.9 Å². The molecule has 0 aliphatic carbocycles. The molecule has 0 aliphatic rings. The van der Waals surface area contributed by atoms with Gasteiger partial charge in [0, 0.05) is 9.77 Å². The number of rotatable bonds is 4. The van der Waals surface area contributed by atoms with E-state index in [9.17, 15) is 4.79 Å². The molecule has 122 valence electrons. The third-order valence-electron chi connectivity index (χ3n) is 3.39.